The molecule has 0 saturated carbocycles. The van der Waals surface area contributed by atoms with Crippen molar-refractivity contribution >= 4 is 35.0 Å². The number of carbonyl (C=O) groups is 1. The maximum Gasteiger partial charge on any atom is 0.358 e. The molecule has 0 aliphatic rings. The molecule has 0 radical (unpaired) electrons. The first kappa shape index (κ1) is 11.2. The Balaban J connectivity index is 2.81. The summed E-state index contributed by atoms with van der Waals surface area (Å²) in [4.78, 5) is 16.1. The van der Waals surface area contributed by atoms with Crippen LogP contribution in [0.3, 0.4) is 0 Å². The molecule has 76 valence electrons. The van der Waals surface area contributed by atoms with E-state index in [4.69, 9.17) is 16.3 Å². The Morgan fingerprint density at radius 3 is 3.21 bits per heavy atom. The zero-order valence-corrected chi connectivity index (χ0v) is 9.27. The summed E-state index contributed by atoms with van der Waals surface area (Å²) in [5.74, 6) is 0.0307. The maximum atomic E-state index is 11.3. The average Bonchev–Trinajstić information content (AvgIpc) is 2.63. The van der Waals surface area contributed by atoms with Crippen LogP contribution in [-0.2, 0) is 4.74 Å². The molecular weight excluding hydrogens is 222 g/mol. The molecule has 0 aromatic carbocycles. The topological polar surface area (TPSA) is 39.2 Å². The van der Waals surface area contributed by atoms with Crippen molar-refractivity contribution in [2.75, 3.05) is 12.5 Å². The van der Waals surface area contributed by atoms with Gasteiger partial charge in [0.25, 0.3) is 0 Å². The van der Waals surface area contributed by atoms with E-state index in [2.05, 4.69) is 4.98 Å². The van der Waals surface area contributed by atoms with E-state index in [1.165, 1.54) is 11.3 Å². The van der Waals surface area contributed by atoms with E-state index in [0.29, 0.717) is 18.2 Å². The molecule has 0 fully saturated rings. The van der Waals surface area contributed by atoms with Crippen LogP contribution in [0.4, 0.5) is 0 Å². The first-order valence-corrected chi connectivity index (χ1v) is 5.54. The number of carbonyl (C=O) groups excluding carboxylic acids is 1. The van der Waals surface area contributed by atoms with Gasteiger partial charge in [0.15, 0.2) is 5.69 Å². The zero-order chi connectivity index (χ0) is 10.4. The van der Waals surface area contributed by atoms with Crippen LogP contribution in [0.2, 0.25) is 0 Å². The highest BCUT2D eigenvalue weighted by Crippen LogP contribution is 2.16. The zero-order valence-electron chi connectivity index (χ0n) is 7.70. The summed E-state index contributed by atoms with van der Waals surface area (Å²) >= 11 is 6.88. The lowest BCUT2D eigenvalue weighted by atomic mass is 10.3. The highest BCUT2D eigenvalue weighted by molar-refractivity contribution is 7.10. The fraction of sp³-hybridized carbons (Fsp3) is 0.333. The third-order valence-corrected chi connectivity index (χ3v) is 2.39. The van der Waals surface area contributed by atoms with Gasteiger partial charge in [0.05, 0.1) is 17.0 Å². The molecular formula is C9H10ClNO2S. The highest BCUT2D eigenvalue weighted by Gasteiger charge is 2.13. The Morgan fingerprint density at radius 2 is 2.57 bits per heavy atom. The molecule has 0 aliphatic carbocycles. The van der Waals surface area contributed by atoms with Crippen LogP contribution in [0.25, 0.3) is 6.08 Å². The molecule has 0 atom stereocenters. The molecule has 1 heterocycles. The van der Waals surface area contributed by atoms with Gasteiger partial charge in [0, 0.05) is 5.88 Å². The molecule has 0 N–H and O–H groups in total. The van der Waals surface area contributed by atoms with Crippen LogP contribution in [0.1, 0.15) is 22.3 Å². The molecule has 0 saturated heterocycles. The highest BCUT2D eigenvalue weighted by atomic mass is 35.5. The molecule has 1 aromatic heterocycles. The van der Waals surface area contributed by atoms with Crippen molar-refractivity contribution in [1.29, 1.82) is 0 Å². The Labute approximate surface area is 91.4 Å². The molecule has 0 aliphatic heterocycles. The van der Waals surface area contributed by atoms with E-state index in [1.807, 2.05) is 0 Å². The Hall–Kier alpha value is -0.870. The molecule has 1 aromatic rings. The monoisotopic (exact) mass is 231 g/mol. The smallest absolute Gasteiger partial charge is 0.358 e. The Bertz CT molecular complexity index is 335. The van der Waals surface area contributed by atoms with E-state index >= 15 is 0 Å². The lowest BCUT2D eigenvalue weighted by Gasteiger charge is -1.98. The first-order valence-electron chi connectivity index (χ1n) is 4.12. The number of rotatable bonds is 4. The van der Waals surface area contributed by atoms with E-state index in [9.17, 15) is 4.79 Å². The summed E-state index contributed by atoms with van der Waals surface area (Å²) in [6.07, 6.45) is 3.54. The van der Waals surface area contributed by atoms with Crippen molar-refractivity contribution in [2.45, 2.75) is 6.92 Å². The van der Waals surface area contributed by atoms with Crippen molar-refractivity contribution < 1.29 is 9.53 Å². The van der Waals surface area contributed by atoms with Gasteiger partial charge >= 0.3 is 5.97 Å². The minimum Gasteiger partial charge on any atom is -0.461 e. The van der Waals surface area contributed by atoms with Crippen LogP contribution < -0.4 is 0 Å². The number of nitrogens with zero attached hydrogens (tertiary/aromatic N) is 1. The summed E-state index contributed by atoms with van der Waals surface area (Å²) < 4.78 is 4.85. The predicted molar refractivity (Wildman–Crippen MR) is 57.8 cm³/mol. The van der Waals surface area contributed by atoms with Crippen LogP contribution >= 0.6 is 22.9 Å². The molecule has 14 heavy (non-hydrogen) atoms. The molecule has 5 heteroatoms. The number of hydrogen-bond acceptors (Lipinski definition) is 4. The number of alkyl halides is 1. The normalized spacial score (nSPS) is 10.7. The molecule has 3 nitrogen and oxygen atoms in total. The van der Waals surface area contributed by atoms with Crippen molar-refractivity contribution in [3.63, 3.8) is 0 Å². The van der Waals surface area contributed by atoms with Gasteiger partial charge in [-0.15, -0.1) is 22.9 Å². The van der Waals surface area contributed by atoms with Gasteiger partial charge in [-0.3, -0.25) is 0 Å². The van der Waals surface area contributed by atoms with E-state index in [-0.39, 0.29) is 5.97 Å². The fourth-order valence-corrected chi connectivity index (χ4v) is 1.66. The fourth-order valence-electron chi connectivity index (χ4n) is 0.878. The second-order valence-electron chi connectivity index (χ2n) is 2.34. The van der Waals surface area contributed by atoms with Crippen LogP contribution in [0, 0.1) is 0 Å². The van der Waals surface area contributed by atoms with E-state index in [0.717, 1.165) is 4.88 Å². The number of halogens is 1. The number of esters is 1. The van der Waals surface area contributed by atoms with Gasteiger partial charge in [-0.1, -0.05) is 6.08 Å². The van der Waals surface area contributed by atoms with Gasteiger partial charge in [-0.05, 0) is 13.0 Å². The lowest BCUT2D eigenvalue weighted by molar-refractivity contribution is 0.0520. The lowest BCUT2D eigenvalue weighted by Crippen LogP contribution is -2.06. The van der Waals surface area contributed by atoms with Crippen LogP contribution in [-0.4, -0.2) is 23.4 Å². The minimum atomic E-state index is -0.386. The predicted octanol–water partition coefficient (Wildman–Crippen LogP) is 2.57. The second kappa shape index (κ2) is 5.78. The summed E-state index contributed by atoms with van der Waals surface area (Å²) in [6.45, 7) is 2.12. The van der Waals surface area contributed by atoms with Gasteiger partial charge in [-0.25, -0.2) is 9.78 Å². The number of allylic oxidation sites excluding steroid dienone is 1. The largest absolute Gasteiger partial charge is 0.461 e. The number of thiazole rings is 1. The third kappa shape index (κ3) is 2.82. The van der Waals surface area contributed by atoms with Crippen molar-refractivity contribution in [3.05, 3.63) is 22.2 Å². The quantitative estimate of drug-likeness (QED) is 0.591. The van der Waals surface area contributed by atoms with Gasteiger partial charge < -0.3 is 4.74 Å². The summed E-state index contributed by atoms with van der Waals surface area (Å²) in [6, 6.07) is 0. The van der Waals surface area contributed by atoms with Gasteiger partial charge in [0.1, 0.15) is 0 Å². The third-order valence-electron chi connectivity index (χ3n) is 1.42. The summed E-state index contributed by atoms with van der Waals surface area (Å²) in [5.41, 5.74) is 1.97. The first-order chi connectivity index (χ1) is 6.79. The van der Waals surface area contributed by atoms with Crippen molar-refractivity contribution in [2.24, 2.45) is 0 Å². The SMILES string of the molecule is CCOC(=O)c1ncsc1C=CCCl. The van der Waals surface area contributed by atoms with Gasteiger partial charge in [-0.2, -0.15) is 0 Å². The molecule has 0 unspecified atom stereocenters. The van der Waals surface area contributed by atoms with Crippen LogP contribution in [0.5, 0.6) is 0 Å². The Morgan fingerprint density at radius 1 is 1.79 bits per heavy atom. The summed E-state index contributed by atoms with van der Waals surface area (Å²) in [5, 5.41) is 0. The van der Waals surface area contributed by atoms with Gasteiger partial charge in [0.2, 0.25) is 0 Å². The maximum absolute atomic E-state index is 11.3. The Kier molecular flexibility index (Phi) is 4.62. The molecule has 0 amide bonds. The molecule has 0 spiro atoms. The standard InChI is InChI=1S/C9H10ClNO2S/c1-2-13-9(12)8-7(4-3-5-10)14-6-11-8/h3-4,6H,2,5H2,1H3. The van der Waals surface area contributed by atoms with Crippen LogP contribution in [0.15, 0.2) is 11.6 Å². The number of aromatic nitrogens is 1. The molecule has 0 bridgehead atoms. The van der Waals surface area contributed by atoms with Crippen molar-refractivity contribution in [1.82, 2.24) is 4.98 Å². The minimum absolute atomic E-state index is 0.356. The second-order valence-corrected chi connectivity index (χ2v) is 3.54. The summed E-state index contributed by atoms with van der Waals surface area (Å²) in [7, 11) is 0. The van der Waals surface area contributed by atoms with Crippen molar-refractivity contribution in [3.8, 4) is 0 Å². The number of hydrogen-bond donors (Lipinski definition) is 0. The molecule has 1 rings (SSSR count). The van der Waals surface area contributed by atoms with E-state index < -0.39 is 0 Å². The average molecular weight is 232 g/mol. The van der Waals surface area contributed by atoms with E-state index in [1.54, 1.807) is 24.6 Å². The number of ether oxygens (including phenoxy) is 1.